The summed E-state index contributed by atoms with van der Waals surface area (Å²) < 4.78 is 7.97. The highest BCUT2D eigenvalue weighted by Gasteiger charge is 2.24. The van der Waals surface area contributed by atoms with Crippen LogP contribution in [-0.2, 0) is 12.2 Å². The number of aromatic nitrogens is 3. The molecule has 5 rings (SSSR count). The lowest BCUT2D eigenvalue weighted by molar-refractivity contribution is 0.101. The summed E-state index contributed by atoms with van der Waals surface area (Å²) in [6.45, 7) is 1.60. The van der Waals surface area contributed by atoms with Crippen molar-refractivity contribution in [2.24, 2.45) is 0 Å². The van der Waals surface area contributed by atoms with E-state index >= 15 is 0 Å². The molecule has 6 heteroatoms. The molecule has 5 nitrogen and oxygen atoms in total. The fourth-order valence-corrected chi connectivity index (χ4v) is 6.10. The predicted molar refractivity (Wildman–Crippen MR) is 141 cm³/mol. The average molecular weight is 486 g/mol. The lowest BCUT2D eigenvalue weighted by Gasteiger charge is -2.26. The smallest absolute Gasteiger partial charge is 0.191 e. The summed E-state index contributed by atoms with van der Waals surface area (Å²) in [6, 6.07) is 21.1. The molecule has 1 heterocycles. The summed E-state index contributed by atoms with van der Waals surface area (Å²) in [4.78, 5) is 11.9. The number of nitrogens with zero attached hydrogens (tertiary/aromatic N) is 3. The van der Waals surface area contributed by atoms with Crippen molar-refractivity contribution in [1.82, 2.24) is 14.8 Å². The van der Waals surface area contributed by atoms with Crippen LogP contribution in [-0.4, -0.2) is 27.7 Å². The molecular weight excluding hydrogens is 454 g/mol. The van der Waals surface area contributed by atoms with Crippen LogP contribution in [0.1, 0.15) is 72.4 Å². The molecule has 0 N–H and O–H groups in total. The Balaban J connectivity index is 1.47. The molecule has 1 saturated carbocycles. The number of thioether (sulfide) groups is 1. The fourth-order valence-electron chi connectivity index (χ4n) is 5.10. The van der Waals surface area contributed by atoms with Gasteiger partial charge in [-0.05, 0) is 54.3 Å². The number of carbonyl (C=O) groups excluding carboxylic acids is 1. The van der Waals surface area contributed by atoms with Gasteiger partial charge >= 0.3 is 0 Å². The van der Waals surface area contributed by atoms with Crippen LogP contribution in [0.4, 0.5) is 0 Å². The van der Waals surface area contributed by atoms with Crippen molar-refractivity contribution in [2.45, 2.75) is 62.4 Å². The van der Waals surface area contributed by atoms with E-state index in [1.54, 1.807) is 25.8 Å². The molecule has 180 valence electrons. The zero-order chi connectivity index (χ0) is 24.2. The molecule has 0 spiro atoms. The third-order valence-electron chi connectivity index (χ3n) is 6.95. The molecule has 0 radical (unpaired) electrons. The average Bonchev–Trinajstić information content (AvgIpc) is 3.30. The van der Waals surface area contributed by atoms with Crippen molar-refractivity contribution in [3.05, 3.63) is 83.2 Å². The first-order chi connectivity index (χ1) is 17.1. The van der Waals surface area contributed by atoms with E-state index in [0.29, 0.717) is 17.4 Å². The van der Waals surface area contributed by atoms with Gasteiger partial charge in [0, 0.05) is 29.3 Å². The van der Waals surface area contributed by atoms with Gasteiger partial charge in [0.1, 0.15) is 11.6 Å². The molecule has 3 aromatic carbocycles. The number of benzene rings is 3. The van der Waals surface area contributed by atoms with Gasteiger partial charge in [-0.25, -0.2) is 0 Å². The van der Waals surface area contributed by atoms with Gasteiger partial charge in [0.25, 0.3) is 0 Å². The molecule has 0 unspecified atom stereocenters. The maximum absolute atomic E-state index is 11.9. The van der Waals surface area contributed by atoms with Crippen LogP contribution in [0.2, 0.25) is 0 Å². The van der Waals surface area contributed by atoms with E-state index in [9.17, 15) is 4.79 Å². The van der Waals surface area contributed by atoms with Crippen LogP contribution >= 0.6 is 11.8 Å². The summed E-state index contributed by atoms with van der Waals surface area (Å²) in [6.07, 6.45) is 6.88. The van der Waals surface area contributed by atoms with Crippen molar-refractivity contribution in [2.75, 3.05) is 7.11 Å². The van der Waals surface area contributed by atoms with E-state index < -0.39 is 0 Å². The topological polar surface area (TPSA) is 57.0 Å². The quantitative estimate of drug-likeness (QED) is 0.198. The fraction of sp³-hybridized carbons (Fsp3) is 0.345. The van der Waals surface area contributed by atoms with Crippen LogP contribution < -0.4 is 4.74 Å². The summed E-state index contributed by atoms with van der Waals surface area (Å²) in [5, 5.41) is 12.8. The third kappa shape index (κ3) is 5.13. The molecule has 35 heavy (non-hydrogen) atoms. The summed E-state index contributed by atoms with van der Waals surface area (Å²) >= 11 is 1.68. The molecule has 0 amide bonds. The number of ketones is 1. The number of carbonyl (C=O) groups is 1. The van der Waals surface area contributed by atoms with Crippen molar-refractivity contribution < 1.29 is 9.53 Å². The van der Waals surface area contributed by atoms with E-state index in [4.69, 9.17) is 9.84 Å². The van der Waals surface area contributed by atoms with Crippen molar-refractivity contribution in [3.8, 4) is 5.75 Å². The van der Waals surface area contributed by atoms with Crippen LogP contribution in [0.15, 0.2) is 65.8 Å². The second-order valence-corrected chi connectivity index (χ2v) is 10.2. The number of hydrogen-bond acceptors (Lipinski definition) is 5. The zero-order valence-corrected chi connectivity index (χ0v) is 21.2. The lowest BCUT2D eigenvalue weighted by atomic mass is 9.95. The molecule has 0 bridgehead atoms. The highest BCUT2D eigenvalue weighted by Crippen LogP contribution is 2.36. The van der Waals surface area contributed by atoms with Crippen LogP contribution in [0.5, 0.6) is 5.75 Å². The first-order valence-corrected chi connectivity index (χ1v) is 13.3. The minimum absolute atomic E-state index is 0.0571. The van der Waals surface area contributed by atoms with E-state index in [1.165, 1.54) is 35.6 Å². The molecule has 0 aliphatic heterocycles. The minimum Gasteiger partial charge on any atom is -0.496 e. The van der Waals surface area contributed by atoms with E-state index in [2.05, 4.69) is 52.1 Å². The number of methoxy groups -OCH3 is 1. The van der Waals surface area contributed by atoms with Crippen LogP contribution in [0.25, 0.3) is 10.8 Å². The Morgan fingerprint density at radius 1 is 1.00 bits per heavy atom. The number of hydrogen-bond donors (Lipinski definition) is 0. The van der Waals surface area contributed by atoms with Crippen molar-refractivity contribution >= 4 is 28.3 Å². The number of fused-ring (bicyclic) bond motifs is 1. The van der Waals surface area contributed by atoms with Gasteiger partial charge in [-0.15, -0.1) is 10.2 Å². The molecule has 1 aliphatic carbocycles. The summed E-state index contributed by atoms with van der Waals surface area (Å²) in [5.74, 6) is 2.55. The van der Waals surface area contributed by atoms with Crippen molar-refractivity contribution in [1.29, 1.82) is 0 Å². The minimum atomic E-state index is 0.0571. The Morgan fingerprint density at radius 3 is 2.60 bits per heavy atom. The normalized spacial score (nSPS) is 14.3. The number of rotatable bonds is 8. The first kappa shape index (κ1) is 23.6. The Morgan fingerprint density at radius 2 is 1.80 bits per heavy atom. The van der Waals surface area contributed by atoms with Gasteiger partial charge in [0.15, 0.2) is 10.9 Å². The number of ether oxygens (including phenoxy) is 1. The monoisotopic (exact) mass is 485 g/mol. The summed E-state index contributed by atoms with van der Waals surface area (Å²) in [7, 11) is 1.67. The lowest BCUT2D eigenvalue weighted by Crippen LogP contribution is -2.17. The molecule has 1 fully saturated rings. The predicted octanol–water partition coefficient (Wildman–Crippen LogP) is 7.03. The van der Waals surface area contributed by atoms with Gasteiger partial charge in [-0.3, -0.25) is 4.79 Å². The SMILES string of the molecule is COc1ccc(C(C)=O)cc1CSc1nnc(Cc2cccc3ccccc23)n1C1CCCCC1. The van der Waals surface area contributed by atoms with E-state index in [0.717, 1.165) is 41.6 Å². The van der Waals surface area contributed by atoms with Crippen LogP contribution in [0, 0.1) is 0 Å². The molecule has 0 saturated heterocycles. The van der Waals surface area contributed by atoms with E-state index in [-0.39, 0.29) is 5.78 Å². The Bertz CT molecular complexity index is 1340. The second kappa shape index (κ2) is 10.6. The molecule has 1 aromatic heterocycles. The Labute approximate surface area is 210 Å². The number of Topliss-reactive ketones (excluding diaryl/α,β-unsaturated/α-hetero) is 1. The molecule has 1 aliphatic rings. The second-order valence-electron chi connectivity index (χ2n) is 9.25. The molecule has 0 atom stereocenters. The first-order valence-electron chi connectivity index (χ1n) is 12.3. The Hall–Kier alpha value is -3.12. The summed E-state index contributed by atoms with van der Waals surface area (Å²) in [5.41, 5.74) is 2.98. The van der Waals surface area contributed by atoms with E-state index in [1.807, 2.05) is 18.2 Å². The van der Waals surface area contributed by atoms with Gasteiger partial charge in [0.05, 0.1) is 7.11 Å². The maximum Gasteiger partial charge on any atom is 0.191 e. The van der Waals surface area contributed by atoms with Crippen molar-refractivity contribution in [3.63, 3.8) is 0 Å². The maximum atomic E-state index is 11.9. The standard InChI is InChI=1S/C29H31N3O2S/c1-20(33)22-15-16-27(34-2)24(17-22)19-35-29-31-30-28(32(29)25-12-4-3-5-13-25)18-23-11-8-10-21-9-6-7-14-26(21)23/h6-11,14-17,25H,3-5,12-13,18-19H2,1-2H3. The van der Waals surface area contributed by atoms with Gasteiger partial charge in [0.2, 0.25) is 0 Å². The van der Waals surface area contributed by atoms with Gasteiger partial charge < -0.3 is 9.30 Å². The zero-order valence-electron chi connectivity index (χ0n) is 20.4. The Kier molecular flexibility index (Phi) is 7.19. The van der Waals surface area contributed by atoms with Crippen LogP contribution in [0.3, 0.4) is 0 Å². The largest absolute Gasteiger partial charge is 0.496 e. The van der Waals surface area contributed by atoms with Gasteiger partial charge in [-0.1, -0.05) is 73.5 Å². The molecule has 4 aromatic rings. The third-order valence-corrected chi connectivity index (χ3v) is 7.94. The highest BCUT2D eigenvalue weighted by molar-refractivity contribution is 7.98. The molecular formula is C29H31N3O2S. The van der Waals surface area contributed by atoms with Gasteiger partial charge in [-0.2, -0.15) is 0 Å². The highest BCUT2D eigenvalue weighted by atomic mass is 32.2.